The van der Waals surface area contributed by atoms with Gasteiger partial charge in [-0.15, -0.1) is 0 Å². The summed E-state index contributed by atoms with van der Waals surface area (Å²) in [6.45, 7) is 13.6. The molecule has 2 heterocycles. The first-order valence-electron chi connectivity index (χ1n) is 25.3. The number of aliphatic hydroxyl groups is 2. The lowest BCUT2D eigenvalue weighted by molar-refractivity contribution is -0.203. The number of esters is 2. The van der Waals surface area contributed by atoms with Crippen LogP contribution >= 0.6 is 23.5 Å². The minimum Gasteiger partial charge on any atom is -0.458 e. The molecule has 0 spiro atoms. The molecule has 0 aromatic heterocycles. The Kier molecular flexibility index (Phi) is 12.2. The lowest BCUT2D eigenvalue weighted by atomic mass is 9.43. The van der Waals surface area contributed by atoms with E-state index in [0.717, 1.165) is 99.1 Å². The molecule has 0 unspecified atom stereocenters. The Labute approximate surface area is 381 Å². The number of carbonyl (C=O) groups is 2. The van der Waals surface area contributed by atoms with Gasteiger partial charge in [0.25, 0.3) is 0 Å². The topological polar surface area (TPSA) is 112 Å². The minimum absolute atomic E-state index is 0.158. The van der Waals surface area contributed by atoms with Gasteiger partial charge in [0, 0.05) is 45.0 Å². The summed E-state index contributed by atoms with van der Waals surface area (Å²) >= 11 is 4.25. The zero-order valence-electron chi connectivity index (χ0n) is 38.5. The van der Waals surface area contributed by atoms with Crippen molar-refractivity contribution < 1.29 is 38.7 Å². The van der Waals surface area contributed by atoms with Crippen molar-refractivity contribution in [1.29, 1.82) is 0 Å². The molecule has 10 rings (SSSR count). The first-order chi connectivity index (χ1) is 29.7. The Morgan fingerprint density at radius 3 is 1.39 bits per heavy atom. The fourth-order valence-corrected chi connectivity index (χ4v) is 20.3. The van der Waals surface area contributed by atoms with E-state index in [4.69, 9.17) is 18.9 Å². The van der Waals surface area contributed by atoms with E-state index in [0.29, 0.717) is 71.4 Å². The SMILES string of the molecule is C[C@]12CC[C@H](SCCOCCOCCS[C@H]3CC[C@@]4(C)[C@H](CC[C@@H]5[C@@H]4CC[C@]4(C)[C@@H](C6=CC(=O)OC6)CC[C@]54O)C3)C[C@H]1CC[C@@H]1[C@@H]2CC[C@]2(C)[C@@H](C3=CC(=O)OC3)CC[C@]12O. The molecule has 10 heteroatoms. The molecular weight excluding hydrogens is 817 g/mol. The fraction of sp³-hybridized carbons (Fsp3) is 0.885. The Bertz CT molecular complexity index is 1660. The number of hydrogen-bond donors (Lipinski definition) is 2. The van der Waals surface area contributed by atoms with Crippen LogP contribution in [0.5, 0.6) is 0 Å². The highest BCUT2D eigenvalue weighted by Gasteiger charge is 2.69. The van der Waals surface area contributed by atoms with Crippen LogP contribution in [-0.4, -0.2) is 95.0 Å². The quantitative estimate of drug-likeness (QED) is 0.137. The second kappa shape index (κ2) is 16.9. The maximum absolute atomic E-state index is 12.6. The Hall–Kier alpha value is -1.04. The summed E-state index contributed by atoms with van der Waals surface area (Å²) in [7, 11) is 0. The smallest absolute Gasteiger partial charge is 0.331 e. The van der Waals surface area contributed by atoms with E-state index in [-0.39, 0.29) is 34.6 Å². The summed E-state index contributed by atoms with van der Waals surface area (Å²) in [6, 6.07) is 0. The third-order valence-electron chi connectivity index (χ3n) is 21.4. The number of ether oxygens (including phenoxy) is 4. The highest BCUT2D eigenvalue weighted by Crippen LogP contribution is 2.72. The Balaban J connectivity index is 0.604. The molecule has 0 aromatic carbocycles. The van der Waals surface area contributed by atoms with E-state index in [1.807, 2.05) is 0 Å². The molecule has 8 saturated carbocycles. The van der Waals surface area contributed by atoms with E-state index in [2.05, 4.69) is 51.2 Å². The third-order valence-corrected chi connectivity index (χ3v) is 24.0. The van der Waals surface area contributed by atoms with E-state index in [1.54, 1.807) is 12.2 Å². The van der Waals surface area contributed by atoms with Crippen molar-refractivity contribution in [1.82, 2.24) is 0 Å². The third kappa shape index (κ3) is 7.19. The predicted octanol–water partition coefficient (Wildman–Crippen LogP) is 9.74. The molecule has 0 amide bonds. The second-order valence-corrected chi connectivity index (χ2v) is 26.2. The van der Waals surface area contributed by atoms with Crippen LogP contribution in [0.3, 0.4) is 0 Å². The van der Waals surface area contributed by atoms with E-state index in [1.165, 1.54) is 64.2 Å². The standard InChI is InChI=1S/C52H78O8S2/c1-47-15-9-37(29-35(47)5-7-43-41(47)11-17-49(3)39(13-19-51(43,49)55)33-27-45(53)59-31-33)61-25-23-57-21-22-58-24-26-62-38-10-16-48(2)36(30-38)6-8-44-42(48)12-18-50(4)40(14-20-52(44,50)56)34-28-46(54)60-32-34/h27-28,35-44,55-56H,5-26,29-32H2,1-4H3/t35-,36-,37+,38+,39-,40-,41+,42+,43-,44-,47+,48+,49-,50-,51+,52+/m1/s1. The Morgan fingerprint density at radius 1 is 0.548 bits per heavy atom. The summed E-state index contributed by atoms with van der Waals surface area (Å²) in [4.78, 5) is 23.9. The molecule has 0 bridgehead atoms. The number of hydrogen-bond acceptors (Lipinski definition) is 10. The summed E-state index contributed by atoms with van der Waals surface area (Å²) < 4.78 is 22.8. The van der Waals surface area contributed by atoms with Gasteiger partial charge in [0.2, 0.25) is 0 Å². The van der Waals surface area contributed by atoms with Crippen LogP contribution in [0, 0.1) is 69.0 Å². The second-order valence-electron chi connectivity index (χ2n) is 23.3. The average molecular weight is 895 g/mol. The molecule has 346 valence electrons. The minimum atomic E-state index is -0.633. The van der Waals surface area contributed by atoms with Crippen LogP contribution in [0.2, 0.25) is 0 Å². The molecule has 8 nitrogen and oxygen atoms in total. The zero-order chi connectivity index (χ0) is 43.1. The van der Waals surface area contributed by atoms with E-state index in [9.17, 15) is 19.8 Å². The summed E-state index contributed by atoms with van der Waals surface area (Å²) in [5.41, 5.74) is 1.31. The van der Waals surface area contributed by atoms with Gasteiger partial charge in [0.15, 0.2) is 0 Å². The van der Waals surface area contributed by atoms with Crippen molar-refractivity contribution in [2.45, 2.75) is 165 Å². The van der Waals surface area contributed by atoms with Gasteiger partial charge < -0.3 is 29.2 Å². The van der Waals surface area contributed by atoms with Crippen molar-refractivity contribution in [3.8, 4) is 0 Å². The van der Waals surface area contributed by atoms with Gasteiger partial charge in [-0.25, -0.2) is 9.59 Å². The largest absolute Gasteiger partial charge is 0.458 e. The number of carbonyl (C=O) groups excluding carboxylic acids is 2. The Morgan fingerprint density at radius 2 is 0.984 bits per heavy atom. The molecule has 8 aliphatic carbocycles. The van der Waals surface area contributed by atoms with Gasteiger partial charge in [0.05, 0.1) is 37.6 Å². The molecule has 16 atom stereocenters. The highest BCUT2D eigenvalue weighted by atomic mass is 32.2. The molecule has 0 saturated heterocycles. The monoisotopic (exact) mass is 895 g/mol. The molecule has 2 aliphatic heterocycles. The first kappa shape index (κ1) is 44.8. The van der Waals surface area contributed by atoms with E-state index < -0.39 is 11.2 Å². The normalized spacial score (nSPS) is 49.4. The van der Waals surface area contributed by atoms with Crippen LogP contribution in [0.1, 0.15) is 143 Å². The van der Waals surface area contributed by atoms with Crippen LogP contribution in [-0.2, 0) is 28.5 Å². The summed E-state index contributed by atoms with van der Waals surface area (Å²) in [5, 5.41) is 26.5. The first-order valence-corrected chi connectivity index (χ1v) is 27.4. The molecule has 62 heavy (non-hydrogen) atoms. The van der Waals surface area contributed by atoms with Crippen LogP contribution in [0.15, 0.2) is 23.3 Å². The van der Waals surface area contributed by atoms with E-state index >= 15 is 0 Å². The van der Waals surface area contributed by atoms with Crippen molar-refractivity contribution in [2.75, 3.05) is 51.1 Å². The van der Waals surface area contributed by atoms with Gasteiger partial charge in [-0.2, -0.15) is 23.5 Å². The lowest BCUT2D eigenvalue weighted by Crippen LogP contribution is -2.62. The molecule has 0 aromatic rings. The molecule has 8 fully saturated rings. The lowest BCUT2D eigenvalue weighted by Gasteiger charge is -2.64. The van der Waals surface area contributed by atoms with Crippen LogP contribution in [0.4, 0.5) is 0 Å². The number of thioether (sulfide) groups is 2. The number of cyclic esters (lactones) is 2. The molecular formula is C52H78O8S2. The van der Waals surface area contributed by atoms with Gasteiger partial charge in [-0.05, 0) is 185 Å². The van der Waals surface area contributed by atoms with Gasteiger partial charge in [-0.1, -0.05) is 27.7 Å². The number of fused-ring (bicyclic) bond motifs is 10. The van der Waals surface area contributed by atoms with Crippen molar-refractivity contribution in [3.63, 3.8) is 0 Å². The van der Waals surface area contributed by atoms with Crippen molar-refractivity contribution >= 4 is 35.5 Å². The maximum atomic E-state index is 12.6. The number of rotatable bonds is 13. The predicted molar refractivity (Wildman–Crippen MR) is 246 cm³/mol. The highest BCUT2D eigenvalue weighted by molar-refractivity contribution is 8.00. The summed E-state index contributed by atoms with van der Waals surface area (Å²) in [6.07, 6.45) is 24.1. The van der Waals surface area contributed by atoms with Crippen molar-refractivity contribution in [3.05, 3.63) is 23.3 Å². The van der Waals surface area contributed by atoms with Crippen molar-refractivity contribution in [2.24, 2.45) is 69.0 Å². The molecule has 2 N–H and O–H groups in total. The molecule has 10 aliphatic rings. The van der Waals surface area contributed by atoms with Crippen LogP contribution < -0.4 is 0 Å². The van der Waals surface area contributed by atoms with Gasteiger partial charge in [-0.3, -0.25) is 0 Å². The average Bonchev–Trinajstić information content (AvgIpc) is 4.01. The zero-order valence-corrected chi connectivity index (χ0v) is 40.1. The van der Waals surface area contributed by atoms with Gasteiger partial charge >= 0.3 is 11.9 Å². The van der Waals surface area contributed by atoms with Crippen LogP contribution in [0.25, 0.3) is 0 Å². The summed E-state index contributed by atoms with van der Waals surface area (Å²) in [5.74, 6) is 5.66. The fourth-order valence-electron chi connectivity index (χ4n) is 17.9. The molecule has 0 radical (unpaired) electrons. The maximum Gasteiger partial charge on any atom is 0.331 e. The van der Waals surface area contributed by atoms with Gasteiger partial charge in [0.1, 0.15) is 13.2 Å².